The summed E-state index contributed by atoms with van der Waals surface area (Å²) in [6.07, 6.45) is 1.74. The van der Waals surface area contributed by atoms with Crippen LogP contribution in [0.4, 0.5) is 4.79 Å². The lowest BCUT2D eigenvalue weighted by Gasteiger charge is -2.19. The maximum absolute atomic E-state index is 11.7. The molecule has 0 spiro atoms. The molecule has 0 unspecified atom stereocenters. The van der Waals surface area contributed by atoms with Gasteiger partial charge in [-0.15, -0.1) is 0 Å². The number of hydrogen-bond acceptors (Lipinski definition) is 4. The van der Waals surface area contributed by atoms with Gasteiger partial charge < -0.3 is 10.1 Å². The Hall–Kier alpha value is -2.37. The highest BCUT2D eigenvalue weighted by Gasteiger charge is 2.19. The van der Waals surface area contributed by atoms with Crippen molar-refractivity contribution in [2.24, 2.45) is 5.92 Å². The number of aromatic nitrogens is 3. The van der Waals surface area contributed by atoms with Crippen molar-refractivity contribution in [3.63, 3.8) is 0 Å². The van der Waals surface area contributed by atoms with Gasteiger partial charge >= 0.3 is 6.09 Å². The maximum atomic E-state index is 11.7. The maximum Gasteiger partial charge on any atom is 0.407 e. The van der Waals surface area contributed by atoms with Gasteiger partial charge in [-0.3, -0.25) is 0 Å². The van der Waals surface area contributed by atoms with Crippen molar-refractivity contribution in [3.8, 4) is 11.4 Å². The Morgan fingerprint density at radius 1 is 1.32 bits per heavy atom. The molecule has 0 fully saturated rings. The first kappa shape index (κ1) is 17.5. The van der Waals surface area contributed by atoms with Crippen LogP contribution in [0.25, 0.3) is 11.4 Å². The Labute approximate surface area is 148 Å². The molecule has 1 aromatic carbocycles. The van der Waals surface area contributed by atoms with E-state index in [0.717, 1.165) is 42.2 Å². The third-order valence-corrected chi connectivity index (χ3v) is 4.16. The van der Waals surface area contributed by atoms with Crippen molar-refractivity contribution in [2.45, 2.75) is 59.2 Å². The van der Waals surface area contributed by atoms with Crippen LogP contribution in [-0.2, 0) is 24.2 Å². The second-order valence-corrected chi connectivity index (χ2v) is 7.73. The standard InChI is InChI=1S/C19H26N4O2/c1-13-9-10-23-16(11-13)21-17(22-23)15-7-5-14(6-8-15)12-20-18(24)25-19(2,3)4/h5-8,13H,9-12H2,1-4H3,(H,20,24)/t13-/m0/s1. The van der Waals surface area contributed by atoms with Crippen LogP contribution in [0.2, 0.25) is 0 Å². The van der Waals surface area contributed by atoms with Crippen molar-refractivity contribution < 1.29 is 9.53 Å². The normalized spacial score (nSPS) is 17.0. The van der Waals surface area contributed by atoms with Crippen LogP contribution >= 0.6 is 0 Å². The molecule has 1 N–H and O–H groups in total. The van der Waals surface area contributed by atoms with Crippen molar-refractivity contribution in [1.29, 1.82) is 0 Å². The quantitative estimate of drug-likeness (QED) is 0.926. The fraction of sp³-hybridized carbons (Fsp3) is 0.526. The molecular formula is C19H26N4O2. The molecular weight excluding hydrogens is 316 g/mol. The number of carbonyl (C=O) groups is 1. The lowest BCUT2D eigenvalue weighted by molar-refractivity contribution is 0.0523. The average Bonchev–Trinajstić information content (AvgIpc) is 2.95. The van der Waals surface area contributed by atoms with Crippen LogP contribution in [0.1, 0.15) is 45.5 Å². The molecule has 1 aromatic heterocycles. The molecule has 0 saturated carbocycles. The van der Waals surface area contributed by atoms with Gasteiger partial charge in [0.2, 0.25) is 0 Å². The number of fused-ring (bicyclic) bond motifs is 1. The van der Waals surface area contributed by atoms with Gasteiger partial charge in [-0.25, -0.2) is 14.5 Å². The Kier molecular flexibility index (Phi) is 4.79. The molecule has 134 valence electrons. The van der Waals surface area contributed by atoms with Gasteiger partial charge in [0.15, 0.2) is 5.82 Å². The van der Waals surface area contributed by atoms with Gasteiger partial charge in [0, 0.05) is 25.1 Å². The summed E-state index contributed by atoms with van der Waals surface area (Å²) in [5.74, 6) is 2.52. The van der Waals surface area contributed by atoms with E-state index in [9.17, 15) is 4.79 Å². The van der Waals surface area contributed by atoms with Crippen LogP contribution in [0.5, 0.6) is 0 Å². The number of benzene rings is 1. The van der Waals surface area contributed by atoms with E-state index in [1.54, 1.807) is 0 Å². The van der Waals surface area contributed by atoms with Crippen LogP contribution in [0.15, 0.2) is 24.3 Å². The van der Waals surface area contributed by atoms with Gasteiger partial charge in [0.1, 0.15) is 11.4 Å². The van der Waals surface area contributed by atoms with E-state index >= 15 is 0 Å². The molecule has 1 atom stereocenters. The smallest absolute Gasteiger partial charge is 0.407 e. The summed E-state index contributed by atoms with van der Waals surface area (Å²) in [5.41, 5.74) is 1.51. The molecule has 2 heterocycles. The summed E-state index contributed by atoms with van der Waals surface area (Å²) in [6, 6.07) is 7.96. The van der Waals surface area contributed by atoms with Crippen molar-refractivity contribution in [1.82, 2.24) is 20.1 Å². The number of hydrogen-bond donors (Lipinski definition) is 1. The van der Waals surface area contributed by atoms with E-state index in [1.165, 1.54) is 0 Å². The fourth-order valence-corrected chi connectivity index (χ4v) is 2.84. The second-order valence-electron chi connectivity index (χ2n) is 7.73. The lowest BCUT2D eigenvalue weighted by Crippen LogP contribution is -2.32. The highest BCUT2D eigenvalue weighted by molar-refractivity contribution is 5.67. The van der Waals surface area contributed by atoms with Crippen LogP contribution in [-0.4, -0.2) is 26.5 Å². The van der Waals surface area contributed by atoms with Crippen molar-refractivity contribution >= 4 is 6.09 Å². The monoisotopic (exact) mass is 342 g/mol. The number of amides is 1. The zero-order valence-electron chi connectivity index (χ0n) is 15.4. The molecule has 0 saturated heterocycles. The van der Waals surface area contributed by atoms with Crippen LogP contribution in [0, 0.1) is 5.92 Å². The van der Waals surface area contributed by atoms with Gasteiger partial charge in [0.05, 0.1) is 0 Å². The van der Waals surface area contributed by atoms with E-state index in [1.807, 2.05) is 49.7 Å². The molecule has 6 heteroatoms. The number of ether oxygens (including phenoxy) is 1. The average molecular weight is 342 g/mol. The summed E-state index contributed by atoms with van der Waals surface area (Å²) >= 11 is 0. The van der Waals surface area contributed by atoms with E-state index in [4.69, 9.17) is 4.74 Å². The summed E-state index contributed by atoms with van der Waals surface area (Å²) in [5, 5.41) is 7.38. The molecule has 1 aliphatic rings. The largest absolute Gasteiger partial charge is 0.444 e. The predicted molar refractivity (Wildman–Crippen MR) is 96.0 cm³/mol. The third-order valence-electron chi connectivity index (χ3n) is 4.16. The van der Waals surface area contributed by atoms with Crippen molar-refractivity contribution in [2.75, 3.05) is 0 Å². The molecule has 3 rings (SSSR count). The molecule has 0 bridgehead atoms. The number of carbonyl (C=O) groups excluding carboxylic acids is 1. The number of nitrogens with one attached hydrogen (secondary N) is 1. The summed E-state index contributed by atoms with van der Waals surface area (Å²) < 4.78 is 7.26. The number of nitrogens with zero attached hydrogens (tertiary/aromatic N) is 3. The summed E-state index contributed by atoms with van der Waals surface area (Å²) in [4.78, 5) is 16.4. The fourth-order valence-electron chi connectivity index (χ4n) is 2.84. The Morgan fingerprint density at radius 3 is 2.72 bits per heavy atom. The highest BCUT2D eigenvalue weighted by Crippen LogP contribution is 2.22. The summed E-state index contributed by atoms with van der Waals surface area (Å²) in [6.45, 7) is 9.17. The van der Waals surface area contributed by atoms with Gasteiger partial charge in [-0.05, 0) is 38.7 Å². The minimum atomic E-state index is -0.489. The number of alkyl carbamates (subject to hydrolysis) is 1. The third kappa shape index (κ3) is 4.59. The number of aryl methyl sites for hydroxylation is 1. The molecule has 6 nitrogen and oxygen atoms in total. The predicted octanol–water partition coefficient (Wildman–Crippen LogP) is 3.55. The molecule has 0 aliphatic carbocycles. The van der Waals surface area contributed by atoms with E-state index in [2.05, 4.69) is 22.3 Å². The zero-order valence-corrected chi connectivity index (χ0v) is 15.4. The second kappa shape index (κ2) is 6.86. The Balaban J connectivity index is 1.62. The topological polar surface area (TPSA) is 69.0 Å². The van der Waals surface area contributed by atoms with Gasteiger partial charge in [0.25, 0.3) is 0 Å². The molecule has 2 aromatic rings. The number of rotatable bonds is 3. The van der Waals surface area contributed by atoms with E-state index in [-0.39, 0.29) is 0 Å². The van der Waals surface area contributed by atoms with Crippen molar-refractivity contribution in [3.05, 3.63) is 35.7 Å². The zero-order chi connectivity index (χ0) is 18.0. The minimum Gasteiger partial charge on any atom is -0.444 e. The van der Waals surface area contributed by atoms with Gasteiger partial charge in [-0.1, -0.05) is 31.2 Å². The Bertz CT molecular complexity index is 744. The van der Waals surface area contributed by atoms with E-state index < -0.39 is 11.7 Å². The lowest BCUT2D eigenvalue weighted by atomic mass is 10.0. The summed E-state index contributed by atoms with van der Waals surface area (Å²) in [7, 11) is 0. The van der Waals surface area contributed by atoms with Gasteiger partial charge in [-0.2, -0.15) is 5.10 Å². The highest BCUT2D eigenvalue weighted by atomic mass is 16.6. The minimum absolute atomic E-state index is 0.408. The SMILES string of the molecule is C[C@H]1CCn2nc(-c3ccc(CNC(=O)OC(C)(C)C)cc3)nc2C1. The van der Waals surface area contributed by atoms with E-state index in [0.29, 0.717) is 12.5 Å². The van der Waals surface area contributed by atoms with Crippen LogP contribution in [0.3, 0.4) is 0 Å². The first-order valence-electron chi connectivity index (χ1n) is 8.80. The first-order valence-corrected chi connectivity index (χ1v) is 8.80. The first-order chi connectivity index (χ1) is 11.8. The molecule has 0 radical (unpaired) electrons. The Morgan fingerprint density at radius 2 is 2.04 bits per heavy atom. The molecule has 1 amide bonds. The molecule has 1 aliphatic heterocycles. The van der Waals surface area contributed by atoms with Crippen LogP contribution < -0.4 is 5.32 Å². The molecule has 25 heavy (non-hydrogen) atoms.